The van der Waals surface area contributed by atoms with Crippen LogP contribution in [0, 0.1) is 12.8 Å². The molecule has 16 heavy (non-hydrogen) atoms. The lowest BCUT2D eigenvalue weighted by molar-refractivity contribution is 0.218. The molecule has 1 aliphatic heterocycles. The number of benzene rings is 1. The Morgan fingerprint density at radius 2 is 2.38 bits per heavy atom. The van der Waals surface area contributed by atoms with Gasteiger partial charge in [0.25, 0.3) is 0 Å². The van der Waals surface area contributed by atoms with Crippen molar-refractivity contribution in [2.75, 3.05) is 19.7 Å². The molecular formula is C13H18ClNO. The molecule has 1 N–H and O–H groups in total. The standard InChI is InChI=1S/C13H18ClNO/c1-10-4-5-13(12(14)7-10)16-9-11-3-2-6-15-8-11/h4-5,7,11,15H,2-3,6,8-9H2,1H3. The molecule has 1 fully saturated rings. The quantitative estimate of drug-likeness (QED) is 0.876. The summed E-state index contributed by atoms with van der Waals surface area (Å²) < 4.78 is 5.76. The second-order valence-corrected chi connectivity index (χ2v) is 4.86. The van der Waals surface area contributed by atoms with Gasteiger partial charge in [-0.2, -0.15) is 0 Å². The van der Waals surface area contributed by atoms with Gasteiger partial charge in [0.05, 0.1) is 11.6 Å². The Bertz CT molecular complexity index is 348. The van der Waals surface area contributed by atoms with Gasteiger partial charge >= 0.3 is 0 Å². The lowest BCUT2D eigenvalue weighted by Gasteiger charge is -2.23. The number of hydrogen-bond donors (Lipinski definition) is 1. The van der Waals surface area contributed by atoms with Crippen LogP contribution < -0.4 is 10.1 Å². The minimum absolute atomic E-state index is 0.617. The molecule has 3 heteroatoms. The summed E-state index contributed by atoms with van der Waals surface area (Å²) in [5.74, 6) is 1.42. The van der Waals surface area contributed by atoms with Crippen molar-refractivity contribution in [1.29, 1.82) is 0 Å². The third kappa shape index (κ3) is 3.13. The fourth-order valence-corrected chi connectivity index (χ4v) is 2.29. The predicted molar refractivity (Wildman–Crippen MR) is 67.3 cm³/mol. The van der Waals surface area contributed by atoms with Crippen LogP contribution in [0.15, 0.2) is 18.2 Å². The molecule has 0 radical (unpaired) electrons. The van der Waals surface area contributed by atoms with E-state index in [1.54, 1.807) is 0 Å². The van der Waals surface area contributed by atoms with Crippen LogP contribution >= 0.6 is 11.6 Å². The number of nitrogens with one attached hydrogen (secondary N) is 1. The molecule has 0 aromatic heterocycles. The minimum Gasteiger partial charge on any atom is -0.492 e. The maximum Gasteiger partial charge on any atom is 0.137 e. The topological polar surface area (TPSA) is 21.3 Å². The smallest absolute Gasteiger partial charge is 0.137 e. The van der Waals surface area contributed by atoms with E-state index in [4.69, 9.17) is 16.3 Å². The molecule has 0 aliphatic carbocycles. The van der Waals surface area contributed by atoms with Crippen molar-refractivity contribution in [3.63, 3.8) is 0 Å². The van der Waals surface area contributed by atoms with Gasteiger partial charge in [-0.1, -0.05) is 17.7 Å². The average Bonchev–Trinajstić information content (AvgIpc) is 2.29. The van der Waals surface area contributed by atoms with Gasteiger partial charge in [0.2, 0.25) is 0 Å². The number of aryl methyl sites for hydroxylation is 1. The number of ether oxygens (including phenoxy) is 1. The molecule has 0 saturated carbocycles. The first-order chi connectivity index (χ1) is 7.75. The first kappa shape index (κ1) is 11.7. The first-order valence-electron chi connectivity index (χ1n) is 5.85. The summed E-state index contributed by atoms with van der Waals surface area (Å²) in [7, 11) is 0. The molecule has 88 valence electrons. The van der Waals surface area contributed by atoms with E-state index < -0.39 is 0 Å². The van der Waals surface area contributed by atoms with Crippen LogP contribution in [0.1, 0.15) is 18.4 Å². The molecule has 0 spiro atoms. The van der Waals surface area contributed by atoms with Crippen LogP contribution in [0.4, 0.5) is 0 Å². The van der Waals surface area contributed by atoms with Gasteiger partial charge in [-0.15, -0.1) is 0 Å². The van der Waals surface area contributed by atoms with Crippen molar-refractivity contribution in [2.24, 2.45) is 5.92 Å². The van der Waals surface area contributed by atoms with Crippen molar-refractivity contribution < 1.29 is 4.74 Å². The average molecular weight is 240 g/mol. The van der Waals surface area contributed by atoms with Gasteiger partial charge in [0.15, 0.2) is 0 Å². The highest BCUT2D eigenvalue weighted by molar-refractivity contribution is 6.32. The first-order valence-corrected chi connectivity index (χ1v) is 6.23. The van der Waals surface area contributed by atoms with Gasteiger partial charge in [-0.05, 0) is 44.0 Å². The highest BCUT2D eigenvalue weighted by Crippen LogP contribution is 2.26. The van der Waals surface area contributed by atoms with Crippen LogP contribution in [0.5, 0.6) is 5.75 Å². The van der Waals surface area contributed by atoms with Crippen molar-refractivity contribution in [2.45, 2.75) is 19.8 Å². The summed E-state index contributed by atoms with van der Waals surface area (Å²) in [6.07, 6.45) is 2.49. The monoisotopic (exact) mass is 239 g/mol. The summed E-state index contributed by atoms with van der Waals surface area (Å²) in [5, 5.41) is 4.09. The molecule has 1 atom stereocenters. The number of halogens is 1. The summed E-state index contributed by atoms with van der Waals surface area (Å²) in [6, 6.07) is 5.92. The lowest BCUT2D eigenvalue weighted by atomic mass is 10.0. The van der Waals surface area contributed by atoms with Gasteiger partial charge in [0.1, 0.15) is 5.75 Å². The van der Waals surface area contributed by atoms with E-state index in [-0.39, 0.29) is 0 Å². The number of rotatable bonds is 3. The van der Waals surface area contributed by atoms with E-state index in [0.29, 0.717) is 10.9 Å². The van der Waals surface area contributed by atoms with Gasteiger partial charge < -0.3 is 10.1 Å². The SMILES string of the molecule is Cc1ccc(OCC2CCCNC2)c(Cl)c1. The third-order valence-electron chi connectivity index (χ3n) is 2.96. The van der Waals surface area contributed by atoms with Crippen LogP contribution in [0.2, 0.25) is 5.02 Å². The molecule has 1 aliphatic rings. The molecule has 0 amide bonds. The van der Waals surface area contributed by atoms with Crippen molar-refractivity contribution in [3.05, 3.63) is 28.8 Å². The molecule has 0 bridgehead atoms. The zero-order valence-electron chi connectivity index (χ0n) is 9.63. The Morgan fingerprint density at radius 3 is 3.06 bits per heavy atom. The molecule has 2 rings (SSSR count). The van der Waals surface area contributed by atoms with Crippen LogP contribution in [-0.2, 0) is 0 Å². The van der Waals surface area contributed by atoms with E-state index in [0.717, 1.165) is 31.0 Å². The molecular weight excluding hydrogens is 222 g/mol. The third-order valence-corrected chi connectivity index (χ3v) is 3.26. The highest BCUT2D eigenvalue weighted by Gasteiger charge is 2.14. The number of hydrogen-bond acceptors (Lipinski definition) is 2. The largest absolute Gasteiger partial charge is 0.492 e. The normalized spacial score (nSPS) is 20.8. The van der Waals surface area contributed by atoms with Crippen molar-refractivity contribution in [3.8, 4) is 5.75 Å². The van der Waals surface area contributed by atoms with E-state index in [1.807, 2.05) is 25.1 Å². The van der Waals surface area contributed by atoms with E-state index in [1.165, 1.54) is 12.8 Å². The molecule has 2 nitrogen and oxygen atoms in total. The highest BCUT2D eigenvalue weighted by atomic mass is 35.5. The van der Waals surface area contributed by atoms with Crippen LogP contribution in [-0.4, -0.2) is 19.7 Å². The zero-order chi connectivity index (χ0) is 11.4. The fourth-order valence-electron chi connectivity index (χ4n) is 2.00. The number of piperidine rings is 1. The molecule has 1 aromatic rings. The Labute approximate surface area is 102 Å². The molecule has 1 aromatic carbocycles. The summed E-state index contributed by atoms with van der Waals surface area (Å²) in [6.45, 7) is 4.99. The fraction of sp³-hybridized carbons (Fsp3) is 0.538. The van der Waals surface area contributed by atoms with Crippen molar-refractivity contribution >= 4 is 11.6 Å². The summed E-state index contributed by atoms with van der Waals surface area (Å²) >= 11 is 6.11. The van der Waals surface area contributed by atoms with Gasteiger partial charge in [0, 0.05) is 12.5 Å². The second-order valence-electron chi connectivity index (χ2n) is 4.46. The lowest BCUT2D eigenvalue weighted by Crippen LogP contribution is -2.33. The van der Waals surface area contributed by atoms with Crippen LogP contribution in [0.25, 0.3) is 0 Å². The minimum atomic E-state index is 0.617. The maximum absolute atomic E-state index is 6.11. The predicted octanol–water partition coefficient (Wildman–Crippen LogP) is 3.03. The van der Waals surface area contributed by atoms with Gasteiger partial charge in [-0.25, -0.2) is 0 Å². The van der Waals surface area contributed by atoms with E-state index in [9.17, 15) is 0 Å². The Balaban J connectivity index is 1.88. The zero-order valence-corrected chi connectivity index (χ0v) is 10.4. The van der Waals surface area contributed by atoms with Crippen LogP contribution in [0.3, 0.4) is 0 Å². The van der Waals surface area contributed by atoms with Crippen molar-refractivity contribution in [1.82, 2.24) is 5.32 Å². The Hall–Kier alpha value is -0.730. The Kier molecular flexibility index (Phi) is 4.08. The molecule has 1 unspecified atom stereocenters. The van der Waals surface area contributed by atoms with E-state index >= 15 is 0 Å². The Morgan fingerprint density at radius 1 is 1.50 bits per heavy atom. The second kappa shape index (κ2) is 5.55. The molecule has 1 saturated heterocycles. The summed E-state index contributed by atoms with van der Waals surface area (Å²) in [4.78, 5) is 0. The molecule has 1 heterocycles. The summed E-state index contributed by atoms with van der Waals surface area (Å²) in [5.41, 5.74) is 1.16. The van der Waals surface area contributed by atoms with E-state index in [2.05, 4.69) is 5.32 Å². The maximum atomic E-state index is 6.11. The van der Waals surface area contributed by atoms with Gasteiger partial charge in [-0.3, -0.25) is 0 Å².